The van der Waals surface area contributed by atoms with E-state index in [2.05, 4.69) is 29.1 Å². The Hall–Kier alpha value is -2.26. The van der Waals surface area contributed by atoms with E-state index in [9.17, 15) is 18.0 Å². The van der Waals surface area contributed by atoms with Gasteiger partial charge in [-0.15, -0.1) is 22.7 Å². The number of aryl methyl sites for hydroxylation is 1. The molecule has 9 heteroatoms. The molecule has 0 saturated heterocycles. The number of nitrogens with zero attached hydrogens (tertiary/aromatic N) is 2. The average Bonchev–Trinajstić information content (AvgIpc) is 3.26. The van der Waals surface area contributed by atoms with Gasteiger partial charge in [0, 0.05) is 16.9 Å². The van der Waals surface area contributed by atoms with Crippen molar-refractivity contribution < 1.29 is 18.0 Å². The fourth-order valence-electron chi connectivity index (χ4n) is 2.45. The van der Waals surface area contributed by atoms with Crippen molar-refractivity contribution in [3.8, 4) is 10.6 Å². The first-order valence-electron chi connectivity index (χ1n) is 8.52. The Morgan fingerprint density at radius 2 is 1.86 bits per heavy atom. The summed E-state index contributed by atoms with van der Waals surface area (Å²) in [4.78, 5) is 21.8. The Labute approximate surface area is 168 Å². The van der Waals surface area contributed by atoms with Gasteiger partial charge in [0.15, 0.2) is 0 Å². The summed E-state index contributed by atoms with van der Waals surface area (Å²) in [6.45, 7) is 6.14. The number of nitrogens with one attached hydrogen (secondary N) is 1. The van der Waals surface area contributed by atoms with Crippen LogP contribution in [0.3, 0.4) is 0 Å². The van der Waals surface area contributed by atoms with Gasteiger partial charge in [-0.1, -0.05) is 26.0 Å². The highest BCUT2D eigenvalue weighted by molar-refractivity contribution is 7.17. The van der Waals surface area contributed by atoms with Gasteiger partial charge in [-0.3, -0.25) is 4.79 Å². The van der Waals surface area contributed by atoms with Gasteiger partial charge in [-0.05, 0) is 19.1 Å². The van der Waals surface area contributed by atoms with Crippen LogP contribution in [0.5, 0.6) is 0 Å². The highest BCUT2D eigenvalue weighted by atomic mass is 32.1. The van der Waals surface area contributed by atoms with E-state index in [0.717, 1.165) is 34.2 Å². The molecule has 2 aromatic heterocycles. The van der Waals surface area contributed by atoms with Gasteiger partial charge >= 0.3 is 6.18 Å². The summed E-state index contributed by atoms with van der Waals surface area (Å²) in [5.74, 6) is 0.0664. The van der Waals surface area contributed by atoms with E-state index in [1.807, 2.05) is 5.38 Å². The normalized spacial score (nSPS) is 11.8. The van der Waals surface area contributed by atoms with Crippen LogP contribution in [0, 0.1) is 6.92 Å². The molecule has 1 amide bonds. The maximum Gasteiger partial charge on any atom is 0.416 e. The summed E-state index contributed by atoms with van der Waals surface area (Å²) in [5, 5.41) is 6.27. The molecule has 3 rings (SSSR count). The first kappa shape index (κ1) is 20.5. The number of hydrogen-bond acceptors (Lipinski definition) is 5. The van der Waals surface area contributed by atoms with Crippen molar-refractivity contribution >= 4 is 28.6 Å². The molecular formula is C19H18F3N3OS2. The summed E-state index contributed by atoms with van der Waals surface area (Å²) in [5.41, 5.74) is 1.17. The standard InChI is InChI=1S/C19H18F3N3OS2/c1-10(2)17-25-14(9-27-17)8-23-16(26)15-11(3)24-18(28-15)12-4-6-13(7-5-12)19(20,21)22/h4-7,9-10H,8H2,1-3H3,(H,23,26). The van der Waals surface area contributed by atoms with Crippen molar-refractivity contribution in [3.63, 3.8) is 0 Å². The summed E-state index contributed by atoms with van der Waals surface area (Å²) in [6, 6.07) is 4.76. The van der Waals surface area contributed by atoms with Crippen LogP contribution < -0.4 is 5.32 Å². The van der Waals surface area contributed by atoms with Crippen LogP contribution in [0.15, 0.2) is 29.6 Å². The maximum atomic E-state index is 12.7. The molecule has 0 spiro atoms. The lowest BCUT2D eigenvalue weighted by molar-refractivity contribution is -0.137. The second kappa shape index (κ2) is 8.00. The van der Waals surface area contributed by atoms with Crippen molar-refractivity contribution in [2.24, 2.45) is 0 Å². The van der Waals surface area contributed by atoms with E-state index in [0.29, 0.717) is 33.6 Å². The van der Waals surface area contributed by atoms with Crippen molar-refractivity contribution in [1.82, 2.24) is 15.3 Å². The molecule has 28 heavy (non-hydrogen) atoms. The number of benzene rings is 1. The van der Waals surface area contributed by atoms with Crippen LogP contribution in [-0.4, -0.2) is 15.9 Å². The predicted octanol–water partition coefficient (Wildman–Crippen LogP) is 5.65. The zero-order chi connectivity index (χ0) is 20.5. The SMILES string of the molecule is Cc1nc(-c2ccc(C(F)(F)F)cc2)sc1C(=O)NCc1csc(C(C)C)n1. The highest BCUT2D eigenvalue weighted by Crippen LogP contribution is 2.33. The van der Waals surface area contributed by atoms with Crippen LogP contribution in [0.4, 0.5) is 13.2 Å². The average molecular weight is 426 g/mol. The van der Waals surface area contributed by atoms with E-state index >= 15 is 0 Å². The molecule has 0 bridgehead atoms. The van der Waals surface area contributed by atoms with Crippen molar-refractivity contribution in [3.05, 3.63) is 56.5 Å². The largest absolute Gasteiger partial charge is 0.416 e. The third-order valence-corrected chi connectivity index (χ3v) is 6.35. The van der Waals surface area contributed by atoms with Crippen molar-refractivity contribution in [2.45, 2.75) is 39.4 Å². The Kier molecular flexibility index (Phi) is 5.85. The second-order valence-electron chi connectivity index (χ2n) is 6.52. The number of hydrogen-bond donors (Lipinski definition) is 1. The zero-order valence-electron chi connectivity index (χ0n) is 15.4. The van der Waals surface area contributed by atoms with Crippen molar-refractivity contribution in [1.29, 1.82) is 0 Å². The molecule has 0 unspecified atom stereocenters. The van der Waals surface area contributed by atoms with E-state index in [1.165, 1.54) is 12.1 Å². The van der Waals surface area contributed by atoms with Crippen LogP contribution in [0.2, 0.25) is 0 Å². The number of aromatic nitrogens is 2. The molecule has 1 N–H and O–H groups in total. The van der Waals surface area contributed by atoms with E-state index < -0.39 is 11.7 Å². The Bertz CT molecular complexity index is 975. The highest BCUT2D eigenvalue weighted by Gasteiger charge is 2.30. The number of halogens is 3. The third kappa shape index (κ3) is 4.59. The minimum absolute atomic E-state index is 0.271. The van der Waals surface area contributed by atoms with Gasteiger partial charge in [-0.25, -0.2) is 9.97 Å². The molecule has 0 aliphatic rings. The van der Waals surface area contributed by atoms with Gasteiger partial charge in [-0.2, -0.15) is 13.2 Å². The summed E-state index contributed by atoms with van der Waals surface area (Å²) >= 11 is 2.72. The smallest absolute Gasteiger partial charge is 0.346 e. The monoisotopic (exact) mass is 425 g/mol. The van der Waals surface area contributed by atoms with Gasteiger partial charge in [0.2, 0.25) is 0 Å². The number of rotatable bonds is 5. The second-order valence-corrected chi connectivity index (χ2v) is 8.41. The fourth-order valence-corrected chi connectivity index (χ4v) is 4.28. The molecular weight excluding hydrogens is 407 g/mol. The Morgan fingerprint density at radius 3 is 2.43 bits per heavy atom. The summed E-state index contributed by atoms with van der Waals surface area (Å²) in [6.07, 6.45) is -4.38. The first-order chi connectivity index (χ1) is 13.1. The zero-order valence-corrected chi connectivity index (χ0v) is 17.1. The third-order valence-electron chi connectivity index (χ3n) is 3.96. The molecule has 148 valence electrons. The molecule has 0 atom stereocenters. The molecule has 0 aliphatic carbocycles. The predicted molar refractivity (Wildman–Crippen MR) is 105 cm³/mol. The molecule has 1 aromatic carbocycles. The molecule has 0 radical (unpaired) electrons. The van der Waals surface area contributed by atoms with E-state index in [-0.39, 0.29) is 5.91 Å². The van der Waals surface area contributed by atoms with Gasteiger partial charge in [0.05, 0.1) is 28.5 Å². The van der Waals surface area contributed by atoms with Crippen molar-refractivity contribution in [2.75, 3.05) is 0 Å². The van der Waals surface area contributed by atoms with Crippen LogP contribution in [-0.2, 0) is 12.7 Å². The summed E-state index contributed by atoms with van der Waals surface area (Å²) < 4.78 is 38.1. The number of carbonyl (C=O) groups excluding carboxylic acids is 1. The lowest BCUT2D eigenvalue weighted by atomic mass is 10.1. The quantitative estimate of drug-likeness (QED) is 0.575. The molecule has 0 aliphatic heterocycles. The number of amides is 1. The Morgan fingerprint density at radius 1 is 1.18 bits per heavy atom. The maximum absolute atomic E-state index is 12.7. The molecule has 0 fully saturated rings. The lowest BCUT2D eigenvalue weighted by Crippen LogP contribution is -2.22. The van der Waals surface area contributed by atoms with E-state index in [1.54, 1.807) is 18.3 Å². The van der Waals surface area contributed by atoms with Gasteiger partial charge in [0.1, 0.15) is 9.88 Å². The lowest BCUT2D eigenvalue weighted by Gasteiger charge is -2.06. The van der Waals surface area contributed by atoms with Gasteiger partial charge in [0.25, 0.3) is 5.91 Å². The topological polar surface area (TPSA) is 54.9 Å². The summed E-state index contributed by atoms with van der Waals surface area (Å²) in [7, 11) is 0. The van der Waals surface area contributed by atoms with Crippen LogP contribution in [0.1, 0.15) is 51.4 Å². The minimum Gasteiger partial charge on any atom is -0.346 e. The van der Waals surface area contributed by atoms with E-state index in [4.69, 9.17) is 0 Å². The molecule has 0 saturated carbocycles. The molecule has 2 heterocycles. The minimum atomic E-state index is -4.38. The fraction of sp³-hybridized carbons (Fsp3) is 0.316. The number of thiazole rings is 2. The van der Waals surface area contributed by atoms with Crippen LogP contribution in [0.25, 0.3) is 10.6 Å². The number of carbonyl (C=O) groups is 1. The molecule has 4 nitrogen and oxygen atoms in total. The number of alkyl halides is 3. The molecule has 3 aromatic rings. The van der Waals surface area contributed by atoms with Gasteiger partial charge < -0.3 is 5.32 Å². The Balaban J connectivity index is 1.71. The van der Waals surface area contributed by atoms with Crippen LogP contribution >= 0.6 is 22.7 Å². The first-order valence-corrected chi connectivity index (χ1v) is 10.2.